The van der Waals surface area contributed by atoms with Gasteiger partial charge >= 0.3 is 0 Å². The molecule has 1 aromatic rings. The van der Waals surface area contributed by atoms with E-state index in [-0.39, 0.29) is 16.6 Å². The number of nitriles is 1. The lowest BCUT2D eigenvalue weighted by molar-refractivity contribution is 0.309. The van der Waals surface area contributed by atoms with E-state index in [9.17, 15) is 8.42 Å². The summed E-state index contributed by atoms with van der Waals surface area (Å²) in [5.41, 5.74) is 0.0867. The Morgan fingerprint density at radius 3 is 3.06 bits per heavy atom. The first-order chi connectivity index (χ1) is 8.55. The van der Waals surface area contributed by atoms with Crippen LogP contribution in [0, 0.1) is 11.3 Å². The van der Waals surface area contributed by atoms with Gasteiger partial charge in [0.05, 0.1) is 5.56 Å². The molecule has 6 nitrogen and oxygen atoms in total. The van der Waals surface area contributed by atoms with Gasteiger partial charge in [0, 0.05) is 31.9 Å². The normalized spacial score (nSPS) is 21.4. The molecule has 1 N–H and O–H groups in total. The molecule has 2 rings (SSSR count). The van der Waals surface area contributed by atoms with Gasteiger partial charge < -0.3 is 5.32 Å². The standard InChI is InChI=1S/C11H14N4O2S/c1-9-8-15(6-5-13-9)18(16,17)11-10(7-12)3-2-4-14-11/h2-4,9,13H,5-6,8H2,1H3/t9-/m0/s1. The van der Waals surface area contributed by atoms with E-state index in [1.54, 1.807) is 6.07 Å². The quantitative estimate of drug-likeness (QED) is 0.810. The minimum absolute atomic E-state index is 0.0867. The predicted molar refractivity (Wildman–Crippen MR) is 65.2 cm³/mol. The molecular formula is C11H14N4O2S. The fourth-order valence-corrected chi connectivity index (χ4v) is 3.50. The minimum atomic E-state index is -3.68. The molecule has 0 radical (unpaired) electrons. The van der Waals surface area contributed by atoms with E-state index < -0.39 is 10.0 Å². The summed E-state index contributed by atoms with van der Waals surface area (Å²) in [4.78, 5) is 3.85. The number of aromatic nitrogens is 1. The minimum Gasteiger partial charge on any atom is -0.312 e. The first-order valence-electron chi connectivity index (χ1n) is 5.64. The summed E-state index contributed by atoms with van der Waals surface area (Å²) in [6.07, 6.45) is 1.39. The van der Waals surface area contributed by atoms with Gasteiger partial charge in [-0.15, -0.1) is 0 Å². The topological polar surface area (TPSA) is 86.1 Å². The van der Waals surface area contributed by atoms with Crippen LogP contribution in [0.25, 0.3) is 0 Å². The van der Waals surface area contributed by atoms with E-state index in [2.05, 4.69) is 10.3 Å². The van der Waals surface area contributed by atoms with Crippen LogP contribution in [0.4, 0.5) is 0 Å². The van der Waals surface area contributed by atoms with E-state index in [1.807, 2.05) is 13.0 Å². The second kappa shape index (κ2) is 5.02. The fourth-order valence-electron chi connectivity index (χ4n) is 1.92. The molecule has 7 heteroatoms. The van der Waals surface area contributed by atoms with Gasteiger partial charge in [-0.1, -0.05) is 0 Å². The lowest BCUT2D eigenvalue weighted by Gasteiger charge is -2.30. The van der Waals surface area contributed by atoms with Gasteiger partial charge in [-0.2, -0.15) is 9.57 Å². The molecule has 1 aliphatic rings. The third kappa shape index (κ3) is 2.36. The molecule has 0 aliphatic carbocycles. The Labute approximate surface area is 106 Å². The van der Waals surface area contributed by atoms with Gasteiger partial charge in [-0.25, -0.2) is 13.4 Å². The SMILES string of the molecule is C[C@H]1CN(S(=O)(=O)c2ncccc2C#N)CCN1. The van der Waals surface area contributed by atoms with Gasteiger partial charge in [0.1, 0.15) is 6.07 Å². The Hall–Kier alpha value is -1.49. The number of piperazine rings is 1. The Bertz CT molecular complexity index is 579. The van der Waals surface area contributed by atoms with Crippen molar-refractivity contribution < 1.29 is 8.42 Å². The van der Waals surface area contributed by atoms with Gasteiger partial charge in [0.2, 0.25) is 0 Å². The molecular weight excluding hydrogens is 252 g/mol. The van der Waals surface area contributed by atoms with Gasteiger partial charge in [0.15, 0.2) is 5.03 Å². The molecule has 0 spiro atoms. The second-order valence-electron chi connectivity index (χ2n) is 4.19. The Morgan fingerprint density at radius 2 is 2.39 bits per heavy atom. The van der Waals surface area contributed by atoms with Crippen LogP contribution in [-0.4, -0.2) is 43.4 Å². The third-order valence-corrected chi connectivity index (χ3v) is 4.63. The van der Waals surface area contributed by atoms with E-state index in [0.717, 1.165) is 0 Å². The molecule has 0 amide bonds. The van der Waals surface area contributed by atoms with Crippen LogP contribution in [0.5, 0.6) is 0 Å². The molecule has 18 heavy (non-hydrogen) atoms. The summed E-state index contributed by atoms with van der Waals surface area (Å²) in [6.45, 7) is 3.32. The summed E-state index contributed by atoms with van der Waals surface area (Å²) >= 11 is 0. The zero-order valence-corrected chi connectivity index (χ0v) is 10.8. The molecule has 2 heterocycles. The zero-order chi connectivity index (χ0) is 13.2. The summed E-state index contributed by atoms with van der Waals surface area (Å²) in [5, 5.41) is 12.0. The summed E-state index contributed by atoms with van der Waals surface area (Å²) in [7, 11) is -3.68. The van der Waals surface area contributed by atoms with Crippen LogP contribution >= 0.6 is 0 Å². The maximum absolute atomic E-state index is 12.4. The smallest absolute Gasteiger partial charge is 0.261 e. The van der Waals surface area contributed by atoms with Gasteiger partial charge in [0.25, 0.3) is 10.0 Å². The van der Waals surface area contributed by atoms with E-state index in [4.69, 9.17) is 5.26 Å². The Morgan fingerprint density at radius 1 is 1.61 bits per heavy atom. The van der Waals surface area contributed by atoms with E-state index in [0.29, 0.717) is 19.6 Å². The van der Waals surface area contributed by atoms with Crippen LogP contribution in [0.3, 0.4) is 0 Å². The summed E-state index contributed by atoms with van der Waals surface area (Å²) in [5.74, 6) is 0. The van der Waals surface area contributed by atoms with Crippen molar-refractivity contribution in [3.63, 3.8) is 0 Å². The monoisotopic (exact) mass is 266 g/mol. The van der Waals surface area contributed by atoms with Crippen molar-refractivity contribution in [3.05, 3.63) is 23.9 Å². The maximum atomic E-state index is 12.4. The predicted octanol–water partition coefficient (Wildman–Crippen LogP) is -0.0643. The third-order valence-electron chi connectivity index (χ3n) is 2.81. The van der Waals surface area contributed by atoms with Crippen LogP contribution in [-0.2, 0) is 10.0 Å². The van der Waals surface area contributed by atoms with Crippen molar-refractivity contribution >= 4 is 10.0 Å². The molecule has 1 aromatic heterocycles. The average Bonchev–Trinajstić information content (AvgIpc) is 2.38. The Kier molecular flexibility index (Phi) is 3.61. The van der Waals surface area contributed by atoms with Gasteiger partial charge in [-0.05, 0) is 19.1 Å². The molecule has 96 valence electrons. The highest BCUT2D eigenvalue weighted by molar-refractivity contribution is 7.89. The van der Waals surface area contributed by atoms with E-state index >= 15 is 0 Å². The lowest BCUT2D eigenvalue weighted by Crippen LogP contribution is -2.51. The number of pyridine rings is 1. The molecule has 1 fully saturated rings. The van der Waals surface area contributed by atoms with Crippen LogP contribution in [0.2, 0.25) is 0 Å². The number of hydrogen-bond acceptors (Lipinski definition) is 5. The fraction of sp³-hybridized carbons (Fsp3) is 0.455. The highest BCUT2D eigenvalue weighted by Gasteiger charge is 2.31. The maximum Gasteiger partial charge on any atom is 0.261 e. The van der Waals surface area contributed by atoms with Crippen LogP contribution in [0.15, 0.2) is 23.4 Å². The van der Waals surface area contributed by atoms with Crippen LogP contribution in [0.1, 0.15) is 12.5 Å². The van der Waals surface area contributed by atoms with Crippen molar-refractivity contribution in [1.29, 1.82) is 5.26 Å². The largest absolute Gasteiger partial charge is 0.312 e. The Balaban J connectivity index is 2.39. The first kappa shape index (κ1) is 13.0. The van der Waals surface area contributed by atoms with Crippen molar-refractivity contribution in [3.8, 4) is 6.07 Å². The average molecular weight is 266 g/mol. The highest BCUT2D eigenvalue weighted by atomic mass is 32.2. The van der Waals surface area contributed by atoms with Crippen molar-refractivity contribution in [2.24, 2.45) is 0 Å². The number of nitrogens with one attached hydrogen (secondary N) is 1. The number of nitrogens with zero attached hydrogens (tertiary/aromatic N) is 3. The van der Waals surface area contributed by atoms with Crippen molar-refractivity contribution in [1.82, 2.24) is 14.6 Å². The number of rotatable bonds is 2. The molecule has 0 saturated carbocycles. The first-order valence-corrected chi connectivity index (χ1v) is 7.08. The summed E-state index contributed by atoms with van der Waals surface area (Å²) in [6, 6.07) is 4.99. The van der Waals surface area contributed by atoms with Crippen LogP contribution < -0.4 is 5.32 Å². The molecule has 0 aromatic carbocycles. The molecule has 1 saturated heterocycles. The molecule has 0 bridgehead atoms. The van der Waals surface area contributed by atoms with Crippen molar-refractivity contribution in [2.45, 2.75) is 18.0 Å². The molecule has 1 atom stereocenters. The van der Waals surface area contributed by atoms with E-state index in [1.165, 1.54) is 16.6 Å². The highest BCUT2D eigenvalue weighted by Crippen LogP contribution is 2.18. The molecule has 0 unspecified atom stereocenters. The van der Waals surface area contributed by atoms with Crippen molar-refractivity contribution in [2.75, 3.05) is 19.6 Å². The van der Waals surface area contributed by atoms with Gasteiger partial charge in [-0.3, -0.25) is 0 Å². The summed E-state index contributed by atoms with van der Waals surface area (Å²) < 4.78 is 26.2. The second-order valence-corrected chi connectivity index (χ2v) is 6.04. The lowest BCUT2D eigenvalue weighted by atomic mass is 10.3. The number of hydrogen-bond donors (Lipinski definition) is 1. The molecule has 1 aliphatic heterocycles. The number of sulfonamides is 1. The zero-order valence-electron chi connectivity index (χ0n) is 10.00.